The third kappa shape index (κ3) is 1.99. The first-order chi connectivity index (χ1) is 8.31. The molecule has 1 aromatic carbocycles. The molecule has 1 heterocycles. The summed E-state index contributed by atoms with van der Waals surface area (Å²) < 4.78 is 6.62. The van der Waals surface area contributed by atoms with Crippen LogP contribution in [0.5, 0.6) is 0 Å². The molecule has 0 spiro atoms. The Kier molecular flexibility index (Phi) is 2.69. The Labute approximate surface area is 105 Å². The highest BCUT2D eigenvalue weighted by molar-refractivity contribution is 6.04. The van der Waals surface area contributed by atoms with E-state index >= 15 is 0 Å². The molecule has 0 unspecified atom stereocenters. The molecular weight excluding hydrogens is 230 g/mol. The number of nitrogens with zero attached hydrogens (tertiary/aromatic N) is 1. The number of hydrogen-bond donors (Lipinski definition) is 2. The monoisotopic (exact) mass is 247 g/mol. The molecule has 0 atom stereocenters. The molecule has 0 bridgehead atoms. The molecule has 0 amide bonds. The Balaban J connectivity index is 2.58. The summed E-state index contributed by atoms with van der Waals surface area (Å²) >= 11 is 0. The molecular formula is C13H17N3O2. The van der Waals surface area contributed by atoms with E-state index in [9.17, 15) is 4.79 Å². The number of ether oxygens (including phenoxy) is 1. The molecule has 1 aromatic heterocycles. The van der Waals surface area contributed by atoms with Gasteiger partial charge in [-0.15, -0.1) is 0 Å². The first kappa shape index (κ1) is 12.3. The highest BCUT2D eigenvalue weighted by Gasteiger charge is 2.23. The van der Waals surface area contributed by atoms with Gasteiger partial charge in [0.1, 0.15) is 11.4 Å². The average Bonchev–Trinajstić information content (AvgIpc) is 2.50. The minimum absolute atomic E-state index is 0.213. The molecule has 2 aromatic rings. The van der Waals surface area contributed by atoms with E-state index in [1.807, 2.05) is 18.2 Å². The maximum absolute atomic E-state index is 12.1. The summed E-state index contributed by atoms with van der Waals surface area (Å²) in [5.74, 6) is 0.213. The van der Waals surface area contributed by atoms with Gasteiger partial charge in [-0.3, -0.25) is 0 Å². The number of aromatic nitrogens is 1. The maximum atomic E-state index is 12.1. The molecule has 0 aliphatic heterocycles. The second-order valence-electron chi connectivity index (χ2n) is 5.13. The van der Waals surface area contributed by atoms with Gasteiger partial charge in [0, 0.05) is 5.39 Å². The standard InChI is InChI=1S/C13H17N3O2/c1-13(2,3)18-12(17)16-9-7-5-4-6-8(9)10(14)11(16)15/h4-7H,14-15H2,1-3H3. The van der Waals surface area contributed by atoms with Gasteiger partial charge in [-0.1, -0.05) is 18.2 Å². The van der Waals surface area contributed by atoms with Crippen molar-refractivity contribution >= 4 is 28.5 Å². The summed E-state index contributed by atoms with van der Waals surface area (Å²) in [6.45, 7) is 5.41. The summed E-state index contributed by atoms with van der Waals surface area (Å²) in [4.78, 5) is 12.1. The zero-order chi connectivity index (χ0) is 13.5. The lowest BCUT2D eigenvalue weighted by atomic mass is 10.2. The van der Waals surface area contributed by atoms with E-state index < -0.39 is 11.7 Å². The lowest BCUT2D eigenvalue weighted by molar-refractivity contribution is 0.0548. The Morgan fingerprint density at radius 3 is 2.44 bits per heavy atom. The van der Waals surface area contributed by atoms with Crippen molar-refractivity contribution in [2.24, 2.45) is 0 Å². The number of para-hydroxylation sites is 1. The quantitative estimate of drug-likeness (QED) is 0.749. The van der Waals surface area contributed by atoms with Crippen molar-refractivity contribution in [1.82, 2.24) is 4.57 Å². The van der Waals surface area contributed by atoms with Crippen LogP contribution < -0.4 is 11.5 Å². The number of carbonyl (C=O) groups excluding carboxylic acids is 1. The average molecular weight is 247 g/mol. The first-order valence-corrected chi connectivity index (χ1v) is 5.69. The molecule has 0 saturated carbocycles. The van der Waals surface area contributed by atoms with Crippen LogP contribution in [0.2, 0.25) is 0 Å². The van der Waals surface area contributed by atoms with E-state index in [2.05, 4.69) is 0 Å². The molecule has 2 rings (SSSR count). The van der Waals surface area contributed by atoms with Crippen LogP contribution >= 0.6 is 0 Å². The summed E-state index contributed by atoms with van der Waals surface area (Å²) in [7, 11) is 0. The first-order valence-electron chi connectivity index (χ1n) is 5.69. The van der Waals surface area contributed by atoms with Gasteiger partial charge in [-0.25, -0.2) is 9.36 Å². The van der Waals surface area contributed by atoms with Gasteiger partial charge >= 0.3 is 6.09 Å². The summed E-state index contributed by atoms with van der Waals surface area (Å²) in [5.41, 5.74) is 12.2. The van der Waals surface area contributed by atoms with Crippen LogP contribution in [-0.2, 0) is 4.74 Å². The molecule has 0 saturated heterocycles. The minimum Gasteiger partial charge on any atom is -0.443 e. The topological polar surface area (TPSA) is 83.3 Å². The molecule has 96 valence electrons. The lowest BCUT2D eigenvalue weighted by Gasteiger charge is -2.20. The van der Waals surface area contributed by atoms with E-state index in [0.717, 1.165) is 5.39 Å². The fourth-order valence-electron chi connectivity index (χ4n) is 1.79. The molecule has 5 heteroatoms. The van der Waals surface area contributed by atoms with Crippen LogP contribution in [0.15, 0.2) is 24.3 Å². The summed E-state index contributed by atoms with van der Waals surface area (Å²) in [5, 5.41) is 0.751. The minimum atomic E-state index is -0.580. The zero-order valence-corrected chi connectivity index (χ0v) is 10.7. The molecule has 4 N–H and O–H groups in total. The van der Waals surface area contributed by atoms with Crippen LogP contribution in [0.1, 0.15) is 20.8 Å². The maximum Gasteiger partial charge on any atom is 0.420 e. The smallest absolute Gasteiger partial charge is 0.420 e. The van der Waals surface area contributed by atoms with Crippen molar-refractivity contribution < 1.29 is 9.53 Å². The predicted octanol–water partition coefficient (Wildman–Crippen LogP) is 2.59. The van der Waals surface area contributed by atoms with Crippen LogP contribution in [-0.4, -0.2) is 16.3 Å². The second kappa shape index (κ2) is 3.94. The summed E-state index contributed by atoms with van der Waals surface area (Å²) in [6.07, 6.45) is -0.520. The van der Waals surface area contributed by atoms with Crippen LogP contribution in [0.4, 0.5) is 16.3 Å². The Morgan fingerprint density at radius 1 is 1.22 bits per heavy atom. The zero-order valence-electron chi connectivity index (χ0n) is 10.7. The number of hydrogen-bond acceptors (Lipinski definition) is 4. The largest absolute Gasteiger partial charge is 0.443 e. The third-order valence-electron chi connectivity index (χ3n) is 2.53. The van der Waals surface area contributed by atoms with Gasteiger partial charge in [0.15, 0.2) is 0 Å². The highest BCUT2D eigenvalue weighted by Crippen LogP contribution is 2.30. The van der Waals surface area contributed by atoms with Crippen molar-refractivity contribution in [3.63, 3.8) is 0 Å². The van der Waals surface area contributed by atoms with Gasteiger partial charge in [0.05, 0.1) is 11.2 Å². The second-order valence-corrected chi connectivity index (χ2v) is 5.13. The van der Waals surface area contributed by atoms with Crippen LogP contribution in [0, 0.1) is 0 Å². The molecule has 0 aliphatic carbocycles. The molecule has 5 nitrogen and oxygen atoms in total. The van der Waals surface area contributed by atoms with Gasteiger partial charge in [0.2, 0.25) is 0 Å². The summed E-state index contributed by atoms with van der Waals surface area (Å²) in [6, 6.07) is 7.27. The van der Waals surface area contributed by atoms with E-state index in [-0.39, 0.29) is 5.82 Å². The fraction of sp³-hybridized carbons (Fsp3) is 0.308. The molecule has 18 heavy (non-hydrogen) atoms. The Hall–Kier alpha value is -2.17. The lowest BCUT2D eigenvalue weighted by Crippen LogP contribution is -2.27. The van der Waals surface area contributed by atoms with Gasteiger partial charge in [0.25, 0.3) is 0 Å². The van der Waals surface area contributed by atoms with Gasteiger partial charge in [-0.05, 0) is 26.8 Å². The molecule has 0 radical (unpaired) electrons. The van der Waals surface area contributed by atoms with Gasteiger partial charge < -0.3 is 16.2 Å². The van der Waals surface area contributed by atoms with Crippen molar-refractivity contribution in [3.8, 4) is 0 Å². The normalized spacial score (nSPS) is 11.7. The fourth-order valence-corrected chi connectivity index (χ4v) is 1.79. The number of rotatable bonds is 0. The number of anilines is 2. The SMILES string of the molecule is CC(C)(C)OC(=O)n1c(N)c(N)c2ccccc21. The molecule has 0 fully saturated rings. The Morgan fingerprint density at radius 2 is 1.83 bits per heavy atom. The van der Waals surface area contributed by atoms with E-state index in [1.54, 1.807) is 26.8 Å². The van der Waals surface area contributed by atoms with E-state index in [1.165, 1.54) is 4.57 Å². The highest BCUT2D eigenvalue weighted by atomic mass is 16.6. The van der Waals surface area contributed by atoms with Crippen molar-refractivity contribution in [2.45, 2.75) is 26.4 Å². The molecule has 0 aliphatic rings. The van der Waals surface area contributed by atoms with Gasteiger partial charge in [-0.2, -0.15) is 0 Å². The Bertz CT molecular complexity index is 608. The third-order valence-corrected chi connectivity index (χ3v) is 2.53. The predicted molar refractivity (Wildman–Crippen MR) is 72.4 cm³/mol. The number of carbonyl (C=O) groups is 1. The number of fused-ring (bicyclic) bond motifs is 1. The van der Waals surface area contributed by atoms with Crippen molar-refractivity contribution in [3.05, 3.63) is 24.3 Å². The number of nitrogens with two attached hydrogens (primary N) is 2. The van der Waals surface area contributed by atoms with Crippen molar-refractivity contribution in [2.75, 3.05) is 11.5 Å². The van der Waals surface area contributed by atoms with E-state index in [4.69, 9.17) is 16.2 Å². The van der Waals surface area contributed by atoms with Crippen LogP contribution in [0.3, 0.4) is 0 Å². The van der Waals surface area contributed by atoms with Crippen molar-refractivity contribution in [1.29, 1.82) is 0 Å². The number of benzene rings is 1. The van der Waals surface area contributed by atoms with Crippen LogP contribution in [0.25, 0.3) is 10.9 Å². The number of nitrogen functional groups attached to an aromatic ring is 2. The van der Waals surface area contributed by atoms with E-state index in [0.29, 0.717) is 11.2 Å².